The Hall–Kier alpha value is -2.32. The van der Waals surface area contributed by atoms with Crippen molar-refractivity contribution in [1.29, 1.82) is 0 Å². The molecule has 7 heteroatoms. The van der Waals surface area contributed by atoms with Gasteiger partial charge >= 0.3 is 0 Å². The van der Waals surface area contributed by atoms with Gasteiger partial charge in [-0.15, -0.1) is 19.7 Å². The van der Waals surface area contributed by atoms with Crippen molar-refractivity contribution < 1.29 is 9.59 Å². The molecule has 3 aliphatic rings. The van der Waals surface area contributed by atoms with E-state index < -0.39 is 0 Å². The number of nitrogens with two attached hydrogens (primary N) is 1. The summed E-state index contributed by atoms with van der Waals surface area (Å²) in [6.07, 6.45) is 17.5. The molecule has 2 aliphatic carbocycles. The van der Waals surface area contributed by atoms with E-state index in [1.54, 1.807) is 6.92 Å². The zero-order valence-electron chi connectivity index (χ0n) is 30.7. The number of hydrazine groups is 1. The molecule has 0 aromatic heterocycles. The first-order valence-corrected chi connectivity index (χ1v) is 17.1. The molecule has 4 N–H and O–H groups in total. The average molecular weight is 630 g/mol. The lowest BCUT2D eigenvalue weighted by Crippen LogP contribution is -2.58. The first-order chi connectivity index (χ1) is 21.3. The molecule has 2 fully saturated rings. The second kappa shape index (κ2) is 25.8. The van der Waals surface area contributed by atoms with Gasteiger partial charge in [-0.1, -0.05) is 92.2 Å². The molecule has 3 atom stereocenters. The van der Waals surface area contributed by atoms with Crippen molar-refractivity contribution in [2.45, 2.75) is 118 Å². The van der Waals surface area contributed by atoms with Gasteiger partial charge in [0.1, 0.15) is 12.3 Å². The van der Waals surface area contributed by atoms with Crippen LogP contribution in [0.1, 0.15) is 100 Å². The molecular weight excluding hydrogens is 558 g/mol. The Kier molecular flexibility index (Phi) is 25.7. The lowest BCUT2D eigenvalue weighted by Gasteiger charge is -2.45. The summed E-state index contributed by atoms with van der Waals surface area (Å²) < 4.78 is 0. The monoisotopic (exact) mass is 630 g/mol. The van der Waals surface area contributed by atoms with E-state index in [1.165, 1.54) is 25.5 Å². The van der Waals surface area contributed by atoms with Crippen molar-refractivity contribution in [1.82, 2.24) is 20.7 Å². The van der Waals surface area contributed by atoms with Crippen LogP contribution in [0, 0.1) is 17.3 Å². The average Bonchev–Trinajstić information content (AvgIpc) is 3.63. The number of hydrogen-bond acceptors (Lipinski definition) is 6. The smallest absolute Gasteiger partial charge is 0.239 e. The van der Waals surface area contributed by atoms with Crippen LogP contribution < -0.4 is 16.4 Å². The van der Waals surface area contributed by atoms with Gasteiger partial charge in [0.25, 0.3) is 0 Å². The maximum absolute atomic E-state index is 13.1. The molecule has 1 aliphatic heterocycles. The number of nitrogens with zero attached hydrogens (tertiary/aromatic N) is 2. The fourth-order valence-corrected chi connectivity index (χ4v) is 4.74. The maximum Gasteiger partial charge on any atom is 0.239 e. The molecule has 0 bridgehead atoms. The minimum absolute atomic E-state index is 0.0183. The number of nitrogens with one attached hydrogen (secondary N) is 2. The van der Waals surface area contributed by atoms with Crippen molar-refractivity contribution >= 4 is 12.2 Å². The Labute approximate surface area is 278 Å². The van der Waals surface area contributed by atoms with Gasteiger partial charge in [-0.25, -0.2) is 10.0 Å². The van der Waals surface area contributed by atoms with Crippen LogP contribution in [0.2, 0.25) is 0 Å². The number of carbonyl (C=O) groups is 2. The summed E-state index contributed by atoms with van der Waals surface area (Å²) in [5.74, 6) is 1.87. The summed E-state index contributed by atoms with van der Waals surface area (Å²) in [6.45, 7) is 34.6. The molecule has 0 aromatic carbocycles. The molecule has 1 saturated carbocycles. The van der Waals surface area contributed by atoms with Crippen LogP contribution in [0.25, 0.3) is 0 Å². The molecule has 1 amide bonds. The summed E-state index contributed by atoms with van der Waals surface area (Å²) in [5.41, 5.74) is 6.23. The Morgan fingerprint density at radius 1 is 1.13 bits per heavy atom. The van der Waals surface area contributed by atoms with Crippen LogP contribution in [-0.2, 0) is 9.59 Å². The van der Waals surface area contributed by atoms with E-state index in [4.69, 9.17) is 0 Å². The lowest BCUT2D eigenvalue weighted by atomic mass is 9.86. The maximum atomic E-state index is 13.1. The predicted octanol–water partition coefficient (Wildman–Crippen LogP) is 7.24. The number of amides is 1. The highest BCUT2D eigenvalue weighted by Crippen LogP contribution is 2.31. The first kappa shape index (κ1) is 44.8. The minimum atomic E-state index is -0.365. The fourth-order valence-electron chi connectivity index (χ4n) is 4.74. The molecule has 0 spiro atoms. The van der Waals surface area contributed by atoms with Gasteiger partial charge in [0.05, 0.1) is 6.04 Å². The van der Waals surface area contributed by atoms with E-state index in [-0.39, 0.29) is 29.4 Å². The molecule has 1 saturated heterocycles. The number of rotatable bonds is 13. The third kappa shape index (κ3) is 20.4. The van der Waals surface area contributed by atoms with Gasteiger partial charge in [0.15, 0.2) is 0 Å². The fraction of sp³-hybridized carbons (Fsp3) is 0.684. The third-order valence-corrected chi connectivity index (χ3v) is 7.36. The van der Waals surface area contributed by atoms with Crippen molar-refractivity contribution in [3.63, 3.8) is 0 Å². The normalized spacial score (nSPS) is 18.7. The standard InChI is InChI=1S/C27H44N4O2.C4H8.C4H10.C2H4.CH5N/c1-7-25(27(4,5)6)31(18-12-16-28-19-23-13-9-8-10-14-23)30-17-11-15-24(30)26(33)29-22(3)21(2)20-32;1-4-2-3-4;1-4(2)3;2*1-2/h7,9,13-14,20,22,24-25,28H,1-2,8,10-12,15-19H2,3-6H3,(H,29,33);4H,2-3H2,1H3;4H,1-3H3;1-2H2;2H2,1H3. The summed E-state index contributed by atoms with van der Waals surface area (Å²) in [4.78, 5) is 24.2. The van der Waals surface area contributed by atoms with Gasteiger partial charge in [0, 0.05) is 31.2 Å². The summed E-state index contributed by atoms with van der Waals surface area (Å²) in [5, 5.41) is 11.1. The highest BCUT2D eigenvalue weighted by molar-refractivity contribution is 5.84. The first-order valence-electron chi connectivity index (χ1n) is 17.1. The van der Waals surface area contributed by atoms with Crippen molar-refractivity contribution in [3.8, 4) is 0 Å². The zero-order valence-corrected chi connectivity index (χ0v) is 30.7. The SMILES string of the molecule is C=C.C=CC(N(CCCNCC1=CCCC=C1)N1CCCC1C(=O)NC(C)C(=C)C=O)C(C)(C)C.CC(C)C.CC1CC1.CN. The Bertz CT molecular complexity index is 882. The quantitative estimate of drug-likeness (QED) is 0.0861. The van der Waals surface area contributed by atoms with Gasteiger partial charge in [0.2, 0.25) is 5.91 Å². The largest absolute Gasteiger partial charge is 0.348 e. The molecule has 0 aromatic rings. The topological polar surface area (TPSA) is 90.7 Å². The number of aldehydes is 1. The lowest BCUT2D eigenvalue weighted by molar-refractivity contribution is -0.139. The van der Waals surface area contributed by atoms with Crippen molar-refractivity contribution in [2.75, 3.05) is 33.2 Å². The second-order valence-corrected chi connectivity index (χ2v) is 13.7. The van der Waals surface area contributed by atoms with E-state index in [9.17, 15) is 9.59 Å². The van der Waals surface area contributed by atoms with Gasteiger partial charge in [-0.3, -0.25) is 9.59 Å². The molecule has 260 valence electrons. The molecule has 45 heavy (non-hydrogen) atoms. The van der Waals surface area contributed by atoms with E-state index in [0.29, 0.717) is 11.9 Å². The van der Waals surface area contributed by atoms with E-state index in [2.05, 4.69) is 119 Å². The number of allylic oxidation sites excluding steroid dienone is 2. The minimum Gasteiger partial charge on any atom is -0.348 e. The molecule has 0 radical (unpaired) electrons. The Morgan fingerprint density at radius 3 is 2.16 bits per heavy atom. The van der Waals surface area contributed by atoms with Crippen LogP contribution in [0.5, 0.6) is 0 Å². The van der Waals surface area contributed by atoms with Crippen LogP contribution in [0.4, 0.5) is 0 Å². The van der Waals surface area contributed by atoms with Crippen LogP contribution in [-0.4, -0.2) is 73.6 Å². The van der Waals surface area contributed by atoms with Gasteiger partial charge in [-0.2, -0.15) is 0 Å². The zero-order chi connectivity index (χ0) is 35.0. The highest BCUT2D eigenvalue weighted by Gasteiger charge is 2.39. The third-order valence-electron chi connectivity index (χ3n) is 7.36. The van der Waals surface area contributed by atoms with Crippen LogP contribution in [0.15, 0.2) is 61.8 Å². The Morgan fingerprint density at radius 2 is 1.71 bits per heavy atom. The van der Waals surface area contributed by atoms with Gasteiger partial charge in [-0.05, 0) is 75.4 Å². The summed E-state index contributed by atoms with van der Waals surface area (Å²) >= 11 is 0. The van der Waals surface area contributed by atoms with E-state index >= 15 is 0 Å². The molecule has 3 unspecified atom stereocenters. The predicted molar refractivity (Wildman–Crippen MR) is 197 cm³/mol. The van der Waals surface area contributed by atoms with E-state index in [1.807, 2.05) is 6.08 Å². The Balaban J connectivity index is 0. The van der Waals surface area contributed by atoms with Gasteiger partial charge < -0.3 is 16.4 Å². The second-order valence-electron chi connectivity index (χ2n) is 13.7. The molecule has 1 heterocycles. The summed E-state index contributed by atoms with van der Waals surface area (Å²) in [7, 11) is 1.50. The molecule has 7 nitrogen and oxygen atoms in total. The van der Waals surface area contributed by atoms with Crippen molar-refractivity contribution in [3.05, 3.63) is 61.8 Å². The molecule has 3 rings (SSSR count). The van der Waals surface area contributed by atoms with Crippen LogP contribution in [0.3, 0.4) is 0 Å². The highest BCUT2D eigenvalue weighted by atomic mass is 16.2. The van der Waals surface area contributed by atoms with Crippen LogP contribution >= 0.6 is 0 Å². The summed E-state index contributed by atoms with van der Waals surface area (Å²) in [6, 6.07) is -0.504. The number of carbonyl (C=O) groups excluding carboxylic acids is 2. The number of hydrogen-bond donors (Lipinski definition) is 3. The van der Waals surface area contributed by atoms with Crippen molar-refractivity contribution in [2.24, 2.45) is 23.0 Å². The molecular formula is C38H71N5O2. The van der Waals surface area contributed by atoms with E-state index in [0.717, 1.165) is 70.1 Å².